The van der Waals surface area contributed by atoms with Crippen molar-refractivity contribution < 1.29 is 22.9 Å². The number of hydrogen-bond donors (Lipinski definition) is 0. The average molecular weight is 314 g/mol. The van der Waals surface area contributed by atoms with Gasteiger partial charge in [-0.3, -0.25) is 0 Å². The third kappa shape index (κ3) is 2750. The molecule has 10 heavy (non-hydrogen) atoms. The predicted molar refractivity (Wildman–Crippen MR) is 34.7 cm³/mol. The van der Waals surface area contributed by atoms with E-state index in [1.807, 2.05) is 0 Å². The molecule has 0 aromatic heterocycles. The first kappa shape index (κ1) is 16.3. The van der Waals surface area contributed by atoms with E-state index in [-0.39, 0.29) is 0 Å². The third-order valence-electron chi connectivity index (χ3n) is 0. The molecule has 0 heterocycles. The Morgan fingerprint density at radius 3 is 0.900 bits per heavy atom. The van der Waals surface area contributed by atoms with Crippen LogP contribution < -0.4 is 0 Å². The van der Waals surface area contributed by atoms with E-state index in [2.05, 4.69) is 12.8 Å². The maximum absolute atomic E-state index is 8.25. The average Bonchev–Trinajstić information content (AvgIpc) is 1.66. The van der Waals surface area contributed by atoms with Gasteiger partial charge in [0.15, 0.2) is 0 Å². The zero-order valence-electron chi connectivity index (χ0n) is 4.02. The van der Waals surface area contributed by atoms with Crippen LogP contribution in [0.3, 0.4) is 0 Å². The predicted octanol–water partition coefficient (Wildman–Crippen LogP) is 0.405. The molecule has 0 N–H and O–H groups in total. The van der Waals surface area contributed by atoms with Crippen molar-refractivity contribution in [2.75, 3.05) is 0 Å². The van der Waals surface area contributed by atoms with Gasteiger partial charge in [-0.05, 0) is 0 Å². The molecular formula is CuIN2O6. The van der Waals surface area contributed by atoms with Crippen LogP contribution in [0.2, 0.25) is 0 Å². The molecule has 0 radical (unpaired) electrons. The Bertz CT molecular complexity index is 73.7. The summed E-state index contributed by atoms with van der Waals surface area (Å²) >= 11 is 5.87. The van der Waals surface area contributed by atoms with Gasteiger partial charge in [-0.2, -0.15) is 0 Å². The van der Waals surface area contributed by atoms with Gasteiger partial charge in [0.2, 0.25) is 0 Å². The van der Waals surface area contributed by atoms with Crippen LogP contribution in [-0.4, -0.2) is 10.2 Å². The van der Waals surface area contributed by atoms with E-state index >= 15 is 0 Å². The topological polar surface area (TPSA) is 132 Å². The zero-order valence-corrected chi connectivity index (χ0v) is 7.12. The molecule has 0 fully saturated rings. The second-order valence-electron chi connectivity index (χ2n) is 0.447. The summed E-state index contributed by atoms with van der Waals surface area (Å²) in [4.78, 5) is 16.5. The molecule has 0 aliphatic rings. The van der Waals surface area contributed by atoms with E-state index in [4.69, 9.17) is 30.6 Å². The molecule has 64 valence electrons. The first-order valence-electron chi connectivity index (χ1n) is 1.21. The molecule has 0 rings (SSSR count). The van der Waals surface area contributed by atoms with E-state index in [1.165, 1.54) is 0 Å². The Morgan fingerprint density at radius 2 is 0.900 bits per heavy atom. The normalized spacial score (nSPS) is 5.50. The Kier molecular flexibility index (Phi) is 25.9. The van der Waals surface area contributed by atoms with Crippen LogP contribution in [0.4, 0.5) is 0 Å². The van der Waals surface area contributed by atoms with Gasteiger partial charge in [-0.15, -0.1) is 0 Å². The van der Waals surface area contributed by atoms with E-state index in [0.29, 0.717) is 0 Å². The molecule has 0 amide bonds. The Balaban J connectivity index is -0.0000000787. The standard InChI is InChI=1S/Cu.HI.2NO3/c;;2*2-1(3)4/h;1H;;/q+3;;2*-1/p-1. The van der Waals surface area contributed by atoms with Crippen molar-refractivity contribution in [3.8, 4) is 0 Å². The molecule has 8 nitrogen and oxygen atoms in total. The van der Waals surface area contributed by atoms with E-state index in [9.17, 15) is 0 Å². The number of halogens is 1. The monoisotopic (exact) mass is 314 g/mol. The van der Waals surface area contributed by atoms with E-state index < -0.39 is 10.2 Å². The number of rotatable bonds is 0. The van der Waals surface area contributed by atoms with Gasteiger partial charge in [0, 0.05) is 0 Å². The zero-order chi connectivity index (χ0) is 9.15. The fraction of sp³-hybridized carbons (Fsp3) is 0. The van der Waals surface area contributed by atoms with Crippen LogP contribution in [0.15, 0.2) is 0 Å². The first-order chi connectivity index (χ1) is 4.46. The fourth-order valence-electron chi connectivity index (χ4n) is 0. The molecule has 0 spiro atoms. The van der Waals surface area contributed by atoms with Crippen molar-refractivity contribution in [2.45, 2.75) is 0 Å². The molecule has 10 heteroatoms. The summed E-state index contributed by atoms with van der Waals surface area (Å²) in [5, 5.41) is 29.5. The van der Waals surface area contributed by atoms with Gasteiger partial charge >= 0.3 is 33.1 Å². The van der Waals surface area contributed by atoms with Crippen molar-refractivity contribution in [3.05, 3.63) is 30.6 Å². The molecule has 0 aliphatic carbocycles. The van der Waals surface area contributed by atoms with Gasteiger partial charge in [-0.1, -0.05) is 0 Å². The van der Waals surface area contributed by atoms with E-state index in [1.54, 1.807) is 20.3 Å². The van der Waals surface area contributed by atoms with Crippen molar-refractivity contribution in [2.24, 2.45) is 0 Å². The van der Waals surface area contributed by atoms with Crippen molar-refractivity contribution in [1.82, 2.24) is 0 Å². The second kappa shape index (κ2) is 15.9. The summed E-state index contributed by atoms with van der Waals surface area (Å²) in [7, 11) is 0. The van der Waals surface area contributed by atoms with Crippen LogP contribution >= 0.6 is 20.3 Å². The molecular weight excluding hydrogens is 314 g/mol. The Morgan fingerprint density at radius 1 is 0.900 bits per heavy atom. The van der Waals surface area contributed by atoms with Crippen LogP contribution in [-0.2, 0) is 12.8 Å². The van der Waals surface area contributed by atoms with Crippen LogP contribution in [0.25, 0.3) is 0 Å². The van der Waals surface area contributed by atoms with Crippen LogP contribution in [0.1, 0.15) is 0 Å². The van der Waals surface area contributed by atoms with Gasteiger partial charge < -0.3 is 30.6 Å². The molecule has 0 bridgehead atoms. The quantitative estimate of drug-likeness (QED) is 0.275. The van der Waals surface area contributed by atoms with Gasteiger partial charge in [0.05, 0.1) is 10.2 Å². The summed E-state index contributed by atoms with van der Waals surface area (Å²) in [6, 6.07) is 0. The molecule has 0 saturated heterocycles. The molecule has 0 aromatic rings. The second-order valence-corrected chi connectivity index (χ2v) is 0.447. The van der Waals surface area contributed by atoms with Gasteiger partial charge in [-0.25, -0.2) is 0 Å². The van der Waals surface area contributed by atoms with Crippen LogP contribution in [0, 0.1) is 30.6 Å². The van der Waals surface area contributed by atoms with E-state index in [0.717, 1.165) is 0 Å². The molecule has 0 atom stereocenters. The summed E-state index contributed by atoms with van der Waals surface area (Å²) in [6.07, 6.45) is 0. The number of nitrogens with zero attached hydrogens (tertiary/aromatic N) is 2. The number of hydrogen-bond acceptors (Lipinski definition) is 6. The molecule has 0 aliphatic heterocycles. The van der Waals surface area contributed by atoms with Crippen molar-refractivity contribution in [1.29, 1.82) is 0 Å². The SMILES string of the molecule is O=[N+]([O-])[O-].O=[N+]([O-])[O-].[Cu+2][I]. The van der Waals surface area contributed by atoms with Crippen molar-refractivity contribution in [3.63, 3.8) is 0 Å². The molecule has 0 saturated carbocycles. The first-order valence-corrected chi connectivity index (χ1v) is 4.25. The van der Waals surface area contributed by atoms with Gasteiger partial charge in [0.1, 0.15) is 0 Å². The summed E-state index contributed by atoms with van der Waals surface area (Å²) in [5.41, 5.74) is 0. The fourth-order valence-corrected chi connectivity index (χ4v) is 0. The molecule has 0 aromatic carbocycles. The van der Waals surface area contributed by atoms with Crippen molar-refractivity contribution >= 4 is 20.3 Å². The summed E-state index contributed by atoms with van der Waals surface area (Å²) < 4.78 is 0. The third-order valence-corrected chi connectivity index (χ3v) is 0. The summed E-state index contributed by atoms with van der Waals surface area (Å²) in [6.45, 7) is 0. The Hall–Kier alpha value is -0.351. The van der Waals surface area contributed by atoms with Gasteiger partial charge in [0.25, 0.3) is 0 Å². The molecule has 0 unspecified atom stereocenters. The minimum absolute atomic E-state index is 1.71. The Labute approximate surface area is 74.0 Å². The summed E-state index contributed by atoms with van der Waals surface area (Å²) in [5.74, 6) is 0. The van der Waals surface area contributed by atoms with Crippen LogP contribution in [0.5, 0.6) is 0 Å². The minimum atomic E-state index is -1.75. The maximum atomic E-state index is 8.25.